The molecule has 0 radical (unpaired) electrons. The summed E-state index contributed by atoms with van der Waals surface area (Å²) in [5.74, 6) is 0.418. The van der Waals surface area contributed by atoms with E-state index in [0.29, 0.717) is 82.3 Å². The van der Waals surface area contributed by atoms with Crippen molar-refractivity contribution in [2.75, 3.05) is 49.1 Å². The molecule has 2 aromatic carbocycles. The molecule has 6 heterocycles. The van der Waals surface area contributed by atoms with Crippen molar-refractivity contribution in [3.05, 3.63) is 58.1 Å². The van der Waals surface area contributed by atoms with E-state index in [-0.39, 0.29) is 17.3 Å². The lowest BCUT2D eigenvalue weighted by atomic mass is 9.88. The second-order valence-corrected chi connectivity index (χ2v) is 15.3. The van der Waals surface area contributed by atoms with Gasteiger partial charge in [-0.1, -0.05) is 36.1 Å². The number of rotatable bonds is 3. The second kappa shape index (κ2) is 10.6. The molecule has 1 aromatic heterocycles. The molecule has 46 heavy (non-hydrogen) atoms. The van der Waals surface area contributed by atoms with E-state index in [2.05, 4.69) is 33.0 Å². The number of allylic oxidation sites excluding steroid dienone is 2. The van der Waals surface area contributed by atoms with Gasteiger partial charge in [0, 0.05) is 68.2 Å². The lowest BCUT2D eigenvalue weighted by Gasteiger charge is -2.55. The number of nitrogens with two attached hydrogens (primary N) is 1. The number of hydrogen-bond donors (Lipinski definition) is 2. The van der Waals surface area contributed by atoms with Crippen molar-refractivity contribution in [3.63, 3.8) is 0 Å². The summed E-state index contributed by atoms with van der Waals surface area (Å²) in [6.07, 6.45) is 9.24. The van der Waals surface area contributed by atoms with Crippen LogP contribution in [0.3, 0.4) is 0 Å². The minimum Gasteiger partial charge on any atom is -0.394 e. The molecule has 0 amide bonds. The Bertz CT molecular complexity index is 1800. The first kappa shape index (κ1) is 28.9. The molecule has 3 aromatic rings. The van der Waals surface area contributed by atoms with E-state index in [4.69, 9.17) is 15.7 Å². The van der Waals surface area contributed by atoms with Gasteiger partial charge in [0.25, 0.3) is 0 Å². The molecular formula is C35H38F3N7S. The largest absolute Gasteiger partial charge is 0.394 e. The quantitative estimate of drug-likeness (QED) is 0.363. The molecule has 0 saturated carbocycles. The third-order valence-electron chi connectivity index (χ3n) is 11.1. The fraction of sp³-hybridized carbons (Fsp3) is 0.486. The fourth-order valence-electron chi connectivity index (χ4n) is 8.66. The predicted octanol–water partition coefficient (Wildman–Crippen LogP) is 5.93. The van der Waals surface area contributed by atoms with Crippen molar-refractivity contribution in [2.45, 2.75) is 73.6 Å². The molecule has 4 fully saturated rings. The molecule has 3 N–H and O–H groups in total. The number of thioether (sulfide) groups is 1. The van der Waals surface area contributed by atoms with Gasteiger partial charge in [-0.25, -0.2) is 18.2 Å². The van der Waals surface area contributed by atoms with Crippen LogP contribution < -0.4 is 20.9 Å². The number of piperazine rings is 1. The topological polar surface area (TPSA) is 73.5 Å². The van der Waals surface area contributed by atoms with Gasteiger partial charge in [-0.2, -0.15) is 4.98 Å². The number of anilines is 2. The number of alkyl halides is 1. The maximum Gasteiger partial charge on any atom is 0.228 e. The summed E-state index contributed by atoms with van der Waals surface area (Å²) in [6, 6.07) is 5.94. The molecule has 4 saturated heterocycles. The molecule has 11 heteroatoms. The monoisotopic (exact) mass is 645 g/mol. The Labute approximate surface area is 271 Å². The van der Waals surface area contributed by atoms with Gasteiger partial charge in [0.1, 0.15) is 23.3 Å². The molecule has 0 spiro atoms. The van der Waals surface area contributed by atoms with E-state index in [1.54, 1.807) is 6.07 Å². The molecule has 240 valence electrons. The standard InChI is InChI=1S/C35H38F3N7S/c1-35(45-12-10-21(36)11-13-45)17-44(18-35)34-41-31-25(33(42-34)43-15-22-5-6-23(16-43)40-22)14-20-3-2-19-4-9-27(39)46-32-26(37)8-7-24(29(19)32)28(20)30(31)38/h2-3,7-9,14,19,21-23,40H,4-6,10-13,15-18,39H2,1H3. The van der Waals surface area contributed by atoms with E-state index in [1.165, 1.54) is 17.8 Å². The van der Waals surface area contributed by atoms with Crippen LogP contribution in [-0.2, 0) is 0 Å². The molecule has 1 aliphatic carbocycles. The number of nitrogens with one attached hydrogen (secondary N) is 1. The minimum absolute atomic E-state index is 0.0991. The first-order chi connectivity index (χ1) is 22.2. The first-order valence-electron chi connectivity index (χ1n) is 16.6. The Balaban J connectivity index is 1.18. The van der Waals surface area contributed by atoms with Crippen molar-refractivity contribution in [2.24, 2.45) is 5.73 Å². The van der Waals surface area contributed by atoms with Gasteiger partial charge < -0.3 is 20.9 Å². The molecule has 5 aliphatic heterocycles. The highest BCUT2D eigenvalue weighted by molar-refractivity contribution is 8.03. The van der Waals surface area contributed by atoms with Crippen LogP contribution in [0, 0.1) is 11.6 Å². The highest BCUT2D eigenvalue weighted by Gasteiger charge is 2.46. The molecule has 7 nitrogen and oxygen atoms in total. The van der Waals surface area contributed by atoms with Gasteiger partial charge >= 0.3 is 0 Å². The molecule has 3 unspecified atom stereocenters. The van der Waals surface area contributed by atoms with Crippen LogP contribution in [0.5, 0.6) is 0 Å². The van der Waals surface area contributed by atoms with E-state index in [1.807, 2.05) is 18.2 Å². The summed E-state index contributed by atoms with van der Waals surface area (Å²) >= 11 is 1.21. The summed E-state index contributed by atoms with van der Waals surface area (Å²) < 4.78 is 46.4. The van der Waals surface area contributed by atoms with Crippen LogP contribution in [-0.4, -0.2) is 77.9 Å². The first-order valence-corrected chi connectivity index (χ1v) is 17.4. The van der Waals surface area contributed by atoms with E-state index in [0.717, 1.165) is 56.0 Å². The van der Waals surface area contributed by atoms with E-state index in [9.17, 15) is 4.39 Å². The minimum atomic E-state index is -0.719. The van der Waals surface area contributed by atoms with Crippen LogP contribution in [0.15, 0.2) is 40.3 Å². The Morgan fingerprint density at radius 2 is 1.78 bits per heavy atom. The van der Waals surface area contributed by atoms with Gasteiger partial charge in [0.05, 0.1) is 15.5 Å². The summed E-state index contributed by atoms with van der Waals surface area (Å²) in [5.41, 5.74) is 9.05. The SMILES string of the molecule is CC1(N2CCC(F)CC2)CN(c2nc(N3CC4CCC(C3)N4)c3cc4c(c(F)c3n2)-c2ccc(F)c3c2C(C=C4)CC=C(N)S3)C1. The summed E-state index contributed by atoms with van der Waals surface area (Å²) in [7, 11) is 0. The molecule has 2 bridgehead atoms. The second-order valence-electron chi connectivity index (χ2n) is 14.2. The normalized spacial score (nSPS) is 27.1. The molecule has 3 atom stereocenters. The highest BCUT2D eigenvalue weighted by atomic mass is 32.2. The molecule has 6 aliphatic rings. The van der Waals surface area contributed by atoms with Gasteiger partial charge in [0.2, 0.25) is 5.95 Å². The Morgan fingerprint density at radius 1 is 1.02 bits per heavy atom. The Kier molecular flexibility index (Phi) is 6.67. The van der Waals surface area contributed by atoms with Crippen LogP contribution in [0.1, 0.15) is 56.1 Å². The molecular weight excluding hydrogens is 607 g/mol. The fourth-order valence-corrected chi connectivity index (χ4v) is 9.61. The predicted molar refractivity (Wildman–Crippen MR) is 178 cm³/mol. The van der Waals surface area contributed by atoms with Gasteiger partial charge in [0.15, 0.2) is 5.82 Å². The maximum atomic E-state index is 17.3. The number of halogens is 3. The van der Waals surface area contributed by atoms with E-state index >= 15 is 8.78 Å². The van der Waals surface area contributed by atoms with Crippen molar-refractivity contribution in [3.8, 4) is 11.1 Å². The highest BCUT2D eigenvalue weighted by Crippen LogP contribution is 2.49. The van der Waals surface area contributed by atoms with Gasteiger partial charge in [-0.3, -0.25) is 4.90 Å². The summed E-state index contributed by atoms with van der Waals surface area (Å²) in [6.45, 7) is 6.74. The zero-order valence-corrected chi connectivity index (χ0v) is 26.7. The van der Waals surface area contributed by atoms with Crippen LogP contribution in [0.25, 0.3) is 28.1 Å². The third-order valence-corrected chi connectivity index (χ3v) is 12.1. The van der Waals surface area contributed by atoms with E-state index < -0.39 is 12.0 Å². The van der Waals surface area contributed by atoms with Gasteiger partial charge in [-0.05, 0) is 67.9 Å². The summed E-state index contributed by atoms with van der Waals surface area (Å²) in [5, 5.41) is 4.96. The Morgan fingerprint density at radius 3 is 2.54 bits per heavy atom. The average molecular weight is 646 g/mol. The van der Waals surface area contributed by atoms with Crippen molar-refractivity contribution in [1.29, 1.82) is 0 Å². The van der Waals surface area contributed by atoms with Gasteiger partial charge in [-0.15, -0.1) is 0 Å². The third kappa shape index (κ3) is 4.56. The van der Waals surface area contributed by atoms with Crippen LogP contribution in [0.4, 0.5) is 24.9 Å². The zero-order chi connectivity index (χ0) is 31.3. The maximum absolute atomic E-state index is 17.3. The number of piperidine rings is 1. The number of fused-ring (bicyclic) bond motifs is 5. The Hall–Kier alpha value is -3.28. The van der Waals surface area contributed by atoms with Crippen LogP contribution in [0.2, 0.25) is 0 Å². The number of benzene rings is 2. The lowest BCUT2D eigenvalue weighted by Crippen LogP contribution is -2.70. The number of hydrogen-bond acceptors (Lipinski definition) is 8. The lowest BCUT2D eigenvalue weighted by molar-refractivity contribution is 0.0321. The smallest absolute Gasteiger partial charge is 0.228 e. The number of nitrogens with zero attached hydrogens (tertiary/aromatic N) is 5. The van der Waals surface area contributed by atoms with Crippen molar-refractivity contribution in [1.82, 2.24) is 20.2 Å². The number of likely N-dealkylation sites (tertiary alicyclic amines) is 1. The summed E-state index contributed by atoms with van der Waals surface area (Å²) in [4.78, 5) is 17.4. The average Bonchev–Trinajstić information content (AvgIpc) is 3.17. The zero-order valence-electron chi connectivity index (χ0n) is 25.9. The molecule has 9 rings (SSSR count). The van der Waals surface area contributed by atoms with Crippen LogP contribution >= 0.6 is 11.8 Å². The van der Waals surface area contributed by atoms with Crippen molar-refractivity contribution >= 4 is 40.5 Å². The van der Waals surface area contributed by atoms with Crippen molar-refractivity contribution < 1.29 is 13.2 Å². The number of aromatic nitrogens is 2.